The van der Waals surface area contributed by atoms with Crippen molar-refractivity contribution in [3.8, 4) is 54.6 Å². The van der Waals surface area contributed by atoms with E-state index < -0.39 is 292 Å². The summed E-state index contributed by atoms with van der Waals surface area (Å²) in [6.07, 6.45) is -18.8. The molecule has 2 saturated carbocycles. The average molecular weight is 1470 g/mol. The third-order valence-corrected chi connectivity index (χ3v) is 13.8. The molecule has 0 aliphatic heterocycles. The van der Waals surface area contributed by atoms with Crippen LogP contribution in [0.1, 0.15) is 66.8 Å². The highest BCUT2D eigenvalue weighted by molar-refractivity contribution is 6.14. The summed E-state index contributed by atoms with van der Waals surface area (Å²) in [7, 11) is 0. The largest absolute Gasteiger partial charge is 0.422 e. The third kappa shape index (κ3) is 11.6. The Hall–Kier alpha value is -13.1. The number of rotatable bonds is 6. The lowest BCUT2D eigenvalue weighted by Crippen LogP contribution is -2.17. The summed E-state index contributed by atoms with van der Waals surface area (Å²) in [5.74, 6) is -69.5. The molecule has 0 unspecified atom stereocenters. The average Bonchev–Trinajstić information content (AvgIpc) is 1.54. The molecular weight excluding hydrogens is 1470 g/mol. The minimum Gasteiger partial charge on any atom is -0.203 e. The van der Waals surface area contributed by atoms with Gasteiger partial charge in [-0.2, -0.15) is 86.9 Å². The number of allylic oxidation sites excluding steroid dienone is 12. The highest BCUT2D eigenvalue weighted by Crippen LogP contribution is 2.60. The fourth-order valence-electron chi connectivity index (χ4n) is 9.44. The van der Waals surface area contributed by atoms with Crippen molar-refractivity contribution in [1.29, 1.82) is 47.4 Å². The first-order valence-electron chi connectivity index (χ1n) is 24.7. The summed E-state index contributed by atoms with van der Waals surface area (Å²) in [4.78, 5) is 0. The molecular formula is C60F33N9. The molecule has 2 fully saturated rings. The number of hydrogen-bond donors (Lipinski definition) is 0. The second-order valence-electron chi connectivity index (χ2n) is 19.0. The molecule has 42 heteroatoms. The second kappa shape index (κ2) is 26.6. The maximum absolute atomic E-state index is 15.0. The van der Waals surface area contributed by atoms with Crippen LogP contribution < -0.4 is 0 Å². The normalized spacial score (nSPS) is 12.4. The molecule has 0 saturated heterocycles. The van der Waals surface area contributed by atoms with Gasteiger partial charge in [0.2, 0.25) is 0 Å². The maximum Gasteiger partial charge on any atom is 0.422 e. The lowest BCUT2D eigenvalue weighted by Gasteiger charge is -2.14. The zero-order chi connectivity index (χ0) is 77.6. The van der Waals surface area contributed by atoms with Crippen molar-refractivity contribution in [2.24, 2.45) is 0 Å². The Balaban J connectivity index is 0.000000288. The summed E-state index contributed by atoms with van der Waals surface area (Å²) in [6, 6.07) is 6.92. The summed E-state index contributed by atoms with van der Waals surface area (Å²) in [5, 5.41) is 84.9. The molecule has 6 aromatic carbocycles. The van der Waals surface area contributed by atoms with Crippen molar-refractivity contribution in [3.05, 3.63) is 240 Å². The first-order valence-corrected chi connectivity index (χ1v) is 24.7. The Morgan fingerprint density at radius 3 is 0.373 bits per heavy atom. The van der Waals surface area contributed by atoms with Crippen LogP contribution in [0.15, 0.2) is 33.4 Å². The van der Waals surface area contributed by atoms with Gasteiger partial charge in [0.15, 0.2) is 140 Å². The van der Waals surface area contributed by atoms with Crippen molar-refractivity contribution < 1.29 is 145 Å². The smallest absolute Gasteiger partial charge is 0.203 e. The molecule has 0 atom stereocenters. The van der Waals surface area contributed by atoms with E-state index in [4.69, 9.17) is 15.8 Å². The van der Waals surface area contributed by atoms with Crippen LogP contribution in [0.5, 0.6) is 0 Å². The lowest BCUT2D eigenvalue weighted by atomic mass is 9.98. The zero-order valence-corrected chi connectivity index (χ0v) is 46.5. The van der Waals surface area contributed by atoms with E-state index in [1.807, 2.05) is 0 Å². The van der Waals surface area contributed by atoms with E-state index in [-0.39, 0.29) is 0 Å². The molecule has 0 heterocycles. The summed E-state index contributed by atoms with van der Waals surface area (Å²) in [6.45, 7) is 0. The SMILES string of the molecule is N#CC(=C1C(=C(C#N)c2c(F)c(F)c(C#N)c(F)c2F)C1=C(C#N)c1c(F)c(F)c(C#N)c(F)c1F)c1c(F)c(F)c(C#N)c(F)c1F.N#CC(=C1C(=C(C#N)c2c(F)c(F)c(C(F)(F)F)c(F)c2F)C1=C(C#N)c1c(F)c(F)c(C(F)(F)F)c(F)c1F)c1c(F)c(F)c(C(F)(F)F)c(F)c1F. The first kappa shape index (κ1) is 76.2. The topological polar surface area (TPSA) is 214 Å². The van der Waals surface area contributed by atoms with Crippen molar-refractivity contribution in [1.82, 2.24) is 0 Å². The van der Waals surface area contributed by atoms with Crippen LogP contribution in [0.3, 0.4) is 0 Å². The molecule has 6 aromatic rings. The van der Waals surface area contributed by atoms with Crippen molar-refractivity contribution in [3.63, 3.8) is 0 Å². The Morgan fingerprint density at radius 1 is 0.176 bits per heavy atom. The number of benzene rings is 6. The number of hydrogen-bond acceptors (Lipinski definition) is 9. The quantitative estimate of drug-likeness (QED) is 0.0879. The molecule has 8 rings (SSSR count). The predicted molar refractivity (Wildman–Crippen MR) is 262 cm³/mol. The van der Waals surface area contributed by atoms with Gasteiger partial charge in [0.1, 0.15) is 88.0 Å². The molecule has 9 nitrogen and oxygen atoms in total. The van der Waals surface area contributed by atoms with Crippen LogP contribution in [0.2, 0.25) is 0 Å². The predicted octanol–water partition coefficient (Wildman–Crippen LogP) is 17.9. The standard InChI is InChI=1S/C30F21N3.C30F12N6/c31-16-10(17(32)23(38)13(22(16)37)28(43,44)45)4(1-52)7-8(5(2-53)11-18(33)24(39)14(29(46,47)48)25(40)19(11)34)9(7)6(3-54)12-20(35)26(41)15(30(49,50)51)27(42)21(12)36;31-19-10(4-46)20(32)26(38)16(25(19)37)7(1-43)13-14(8(2-44)17-27(39)21(33)11(5-47)22(34)28(17)40)15(13)9(3-45)18-29(41)23(35)12(6-48)24(36)30(18)42. The number of halogens is 33. The van der Waals surface area contributed by atoms with E-state index in [0.717, 1.165) is 36.4 Å². The molecule has 0 radical (unpaired) electrons. The first-order chi connectivity index (χ1) is 47.3. The lowest BCUT2D eigenvalue weighted by molar-refractivity contribution is -0.144. The van der Waals surface area contributed by atoms with Crippen LogP contribution in [-0.2, 0) is 18.5 Å². The van der Waals surface area contributed by atoms with E-state index in [1.54, 1.807) is 0 Å². The molecule has 0 aromatic heterocycles. The van der Waals surface area contributed by atoms with Gasteiger partial charge in [-0.05, 0) is 0 Å². The third-order valence-electron chi connectivity index (χ3n) is 13.8. The van der Waals surface area contributed by atoms with Gasteiger partial charge in [-0.1, -0.05) is 0 Å². The van der Waals surface area contributed by atoms with Gasteiger partial charge in [-0.25, -0.2) is 105 Å². The Morgan fingerprint density at radius 2 is 0.284 bits per heavy atom. The minimum atomic E-state index is -6.27. The Labute approximate surface area is 537 Å². The molecule has 0 amide bonds. The fraction of sp³-hybridized carbons (Fsp3) is 0.0500. The Bertz CT molecular complexity index is 4820. The van der Waals surface area contributed by atoms with Gasteiger partial charge in [0.25, 0.3) is 0 Å². The summed E-state index contributed by atoms with van der Waals surface area (Å²) < 4.78 is 473. The minimum absolute atomic E-state index is 0.587. The highest BCUT2D eigenvalue weighted by atomic mass is 19.4. The maximum atomic E-state index is 15.0. The fourth-order valence-corrected chi connectivity index (χ4v) is 9.44. The van der Waals surface area contributed by atoms with Crippen LogP contribution >= 0.6 is 0 Å². The second-order valence-corrected chi connectivity index (χ2v) is 19.0. The summed E-state index contributed by atoms with van der Waals surface area (Å²) >= 11 is 0. The molecule has 0 bridgehead atoms. The molecule has 2 aliphatic rings. The van der Waals surface area contributed by atoms with Crippen molar-refractivity contribution >= 4 is 33.4 Å². The summed E-state index contributed by atoms with van der Waals surface area (Å²) in [5.41, 5.74) is -52.2. The molecule has 0 spiro atoms. The van der Waals surface area contributed by atoms with E-state index in [0.29, 0.717) is 18.2 Å². The van der Waals surface area contributed by atoms with Crippen LogP contribution in [0, 0.1) is 242 Å². The molecule has 516 valence electrons. The van der Waals surface area contributed by atoms with Crippen molar-refractivity contribution in [2.45, 2.75) is 18.5 Å². The van der Waals surface area contributed by atoms with Crippen LogP contribution in [0.4, 0.5) is 145 Å². The van der Waals surface area contributed by atoms with E-state index in [1.165, 1.54) is 0 Å². The van der Waals surface area contributed by atoms with Crippen LogP contribution in [-0.4, -0.2) is 0 Å². The van der Waals surface area contributed by atoms with Gasteiger partial charge in [-0.3, -0.25) is 0 Å². The molecule has 102 heavy (non-hydrogen) atoms. The highest BCUT2D eigenvalue weighted by Gasteiger charge is 2.52. The number of nitriles is 9. The molecule has 0 N–H and O–H groups in total. The van der Waals surface area contributed by atoms with Gasteiger partial charge in [-0.15, -0.1) is 0 Å². The van der Waals surface area contributed by atoms with E-state index in [2.05, 4.69) is 0 Å². The van der Waals surface area contributed by atoms with Crippen LogP contribution in [0.25, 0.3) is 33.4 Å². The van der Waals surface area contributed by atoms with Gasteiger partial charge < -0.3 is 0 Å². The van der Waals surface area contributed by atoms with Crippen molar-refractivity contribution in [2.75, 3.05) is 0 Å². The van der Waals surface area contributed by atoms with Gasteiger partial charge >= 0.3 is 18.5 Å². The number of nitrogens with zero attached hydrogens (tertiary/aromatic N) is 9. The van der Waals surface area contributed by atoms with Gasteiger partial charge in [0.05, 0.1) is 66.8 Å². The molecule has 2 aliphatic carbocycles. The van der Waals surface area contributed by atoms with Gasteiger partial charge in [0, 0.05) is 33.4 Å². The van der Waals surface area contributed by atoms with E-state index >= 15 is 52.7 Å². The number of alkyl halides is 9. The Kier molecular flexibility index (Phi) is 19.9. The van der Waals surface area contributed by atoms with E-state index in [9.17, 15) is 124 Å². The zero-order valence-electron chi connectivity index (χ0n) is 46.5. The monoisotopic (exact) mass is 1470 g/mol.